The van der Waals surface area contributed by atoms with E-state index in [2.05, 4.69) is 4.98 Å². The zero-order chi connectivity index (χ0) is 12.3. The van der Waals surface area contributed by atoms with Crippen molar-refractivity contribution in [3.63, 3.8) is 0 Å². The molecule has 0 fully saturated rings. The molecule has 1 heterocycles. The van der Waals surface area contributed by atoms with Crippen molar-refractivity contribution in [2.75, 3.05) is 0 Å². The molecule has 86 valence electrons. The number of aromatic hydroxyl groups is 1. The van der Waals surface area contributed by atoms with E-state index in [1.54, 1.807) is 18.2 Å². The first-order valence-corrected chi connectivity index (χ1v) is 5.64. The Bertz CT molecular complexity index is 564. The van der Waals surface area contributed by atoms with Gasteiger partial charge in [-0.15, -0.1) is 0 Å². The fraction of sp³-hybridized carbons (Fsp3) is 0.0714. The summed E-state index contributed by atoms with van der Waals surface area (Å²) in [6.07, 6.45) is 3.59. The van der Waals surface area contributed by atoms with Crippen LogP contribution in [0.4, 0.5) is 0 Å². The second-order valence-electron chi connectivity index (χ2n) is 3.71. The lowest BCUT2D eigenvalue weighted by molar-refractivity contribution is 0.471. The highest BCUT2D eigenvalue weighted by Crippen LogP contribution is 2.20. The fourth-order valence-electron chi connectivity index (χ4n) is 1.47. The summed E-state index contributed by atoms with van der Waals surface area (Å²) < 4.78 is 0. The van der Waals surface area contributed by atoms with Gasteiger partial charge >= 0.3 is 0 Å². The van der Waals surface area contributed by atoms with Gasteiger partial charge < -0.3 is 5.11 Å². The van der Waals surface area contributed by atoms with E-state index in [-0.39, 0.29) is 5.75 Å². The maximum absolute atomic E-state index is 9.64. The quantitative estimate of drug-likeness (QED) is 0.870. The predicted octanol–water partition coefficient (Wildman–Crippen LogP) is 3.92. The molecule has 17 heavy (non-hydrogen) atoms. The second-order valence-corrected chi connectivity index (χ2v) is 4.12. The number of hydrogen-bond acceptors (Lipinski definition) is 2. The highest BCUT2D eigenvalue weighted by atomic mass is 35.5. The van der Waals surface area contributed by atoms with E-state index in [0.717, 1.165) is 11.3 Å². The predicted molar refractivity (Wildman–Crippen MR) is 71.0 cm³/mol. The number of hydrogen-bond donors (Lipinski definition) is 1. The van der Waals surface area contributed by atoms with E-state index in [1.165, 1.54) is 0 Å². The molecule has 0 amide bonds. The van der Waals surface area contributed by atoms with Gasteiger partial charge in [0.15, 0.2) is 0 Å². The molecule has 0 aliphatic rings. The molecule has 0 saturated heterocycles. The van der Waals surface area contributed by atoms with Crippen LogP contribution in [-0.2, 0) is 0 Å². The third-order valence-corrected chi connectivity index (χ3v) is 2.71. The molecule has 0 radical (unpaired) electrons. The van der Waals surface area contributed by atoms with Crippen molar-refractivity contribution in [1.29, 1.82) is 0 Å². The molecule has 1 N–H and O–H groups in total. The molecule has 1 aromatic heterocycles. The van der Waals surface area contributed by atoms with Gasteiger partial charge in [0, 0.05) is 10.7 Å². The van der Waals surface area contributed by atoms with Crippen molar-refractivity contribution in [3.8, 4) is 5.75 Å². The Morgan fingerprint density at radius 3 is 2.65 bits per heavy atom. The van der Waals surface area contributed by atoms with E-state index in [4.69, 9.17) is 11.6 Å². The molecule has 2 aromatic rings. The van der Waals surface area contributed by atoms with E-state index in [0.29, 0.717) is 10.7 Å². The van der Waals surface area contributed by atoms with Crippen molar-refractivity contribution in [2.24, 2.45) is 0 Å². The summed E-state index contributed by atoms with van der Waals surface area (Å²) in [5.74, 6) is 0.166. The molecule has 0 aliphatic heterocycles. The van der Waals surface area contributed by atoms with Gasteiger partial charge in [0.05, 0.1) is 0 Å². The summed E-state index contributed by atoms with van der Waals surface area (Å²) >= 11 is 6.03. The summed E-state index contributed by atoms with van der Waals surface area (Å²) in [5, 5.41) is 10.3. The van der Waals surface area contributed by atoms with Gasteiger partial charge in [-0.1, -0.05) is 35.9 Å². The van der Waals surface area contributed by atoms with Crippen LogP contribution < -0.4 is 0 Å². The Balaban J connectivity index is 2.32. The van der Waals surface area contributed by atoms with Crippen LogP contribution in [0, 0.1) is 6.92 Å². The van der Waals surface area contributed by atoms with Crippen LogP contribution >= 0.6 is 11.6 Å². The largest absolute Gasteiger partial charge is 0.506 e. The molecule has 2 rings (SSSR count). The fourth-order valence-corrected chi connectivity index (χ4v) is 1.67. The molecular formula is C14H12ClNO. The van der Waals surface area contributed by atoms with Gasteiger partial charge in [0.25, 0.3) is 0 Å². The standard InChI is InChI=1S/C14H12ClNO/c1-10-6-9-14(17)13(16-10)8-7-11-4-2-3-5-12(11)15/h2-9,17H,1H3/b8-7+. The zero-order valence-corrected chi connectivity index (χ0v) is 10.1. The molecular weight excluding hydrogens is 234 g/mol. The third kappa shape index (κ3) is 2.86. The average molecular weight is 246 g/mol. The summed E-state index contributed by atoms with van der Waals surface area (Å²) in [4.78, 5) is 4.24. The van der Waals surface area contributed by atoms with Crippen LogP contribution in [-0.4, -0.2) is 10.1 Å². The Kier molecular flexibility index (Phi) is 3.45. The van der Waals surface area contributed by atoms with Crippen molar-refractivity contribution in [3.05, 3.63) is 58.4 Å². The Hall–Kier alpha value is -1.80. The van der Waals surface area contributed by atoms with Crippen molar-refractivity contribution in [2.45, 2.75) is 6.92 Å². The minimum atomic E-state index is 0.166. The summed E-state index contributed by atoms with van der Waals surface area (Å²) in [7, 11) is 0. The minimum absolute atomic E-state index is 0.166. The summed E-state index contributed by atoms with van der Waals surface area (Å²) in [6, 6.07) is 10.9. The monoisotopic (exact) mass is 245 g/mol. The minimum Gasteiger partial charge on any atom is -0.506 e. The number of rotatable bonds is 2. The maximum Gasteiger partial charge on any atom is 0.141 e. The Morgan fingerprint density at radius 1 is 1.12 bits per heavy atom. The van der Waals surface area contributed by atoms with Gasteiger partial charge in [-0.3, -0.25) is 0 Å². The highest BCUT2D eigenvalue weighted by molar-refractivity contribution is 6.32. The van der Waals surface area contributed by atoms with Crippen LogP contribution in [0.3, 0.4) is 0 Å². The summed E-state index contributed by atoms with van der Waals surface area (Å²) in [6.45, 7) is 1.88. The lowest BCUT2D eigenvalue weighted by Gasteiger charge is -2.00. The zero-order valence-electron chi connectivity index (χ0n) is 9.39. The lowest BCUT2D eigenvalue weighted by atomic mass is 10.2. The van der Waals surface area contributed by atoms with Gasteiger partial charge in [-0.05, 0) is 36.8 Å². The van der Waals surface area contributed by atoms with Crippen molar-refractivity contribution in [1.82, 2.24) is 4.98 Å². The lowest BCUT2D eigenvalue weighted by Crippen LogP contribution is -1.85. The van der Waals surface area contributed by atoms with Gasteiger partial charge in [-0.2, -0.15) is 0 Å². The SMILES string of the molecule is Cc1ccc(O)c(/C=C/c2ccccc2Cl)n1. The Morgan fingerprint density at radius 2 is 1.88 bits per heavy atom. The van der Waals surface area contributed by atoms with E-state index < -0.39 is 0 Å². The third-order valence-electron chi connectivity index (χ3n) is 2.37. The number of halogens is 1. The van der Waals surface area contributed by atoms with E-state index in [1.807, 2.05) is 37.3 Å². The molecule has 3 heteroatoms. The van der Waals surface area contributed by atoms with Gasteiger partial charge in [-0.25, -0.2) is 4.98 Å². The molecule has 0 atom stereocenters. The second kappa shape index (κ2) is 5.02. The van der Waals surface area contributed by atoms with Crippen LogP contribution in [0.5, 0.6) is 5.75 Å². The molecule has 0 bridgehead atoms. The number of pyridine rings is 1. The smallest absolute Gasteiger partial charge is 0.141 e. The van der Waals surface area contributed by atoms with Gasteiger partial charge in [0.1, 0.15) is 11.4 Å². The van der Waals surface area contributed by atoms with Crippen LogP contribution in [0.15, 0.2) is 36.4 Å². The molecule has 0 unspecified atom stereocenters. The number of nitrogens with zero attached hydrogens (tertiary/aromatic N) is 1. The molecule has 1 aromatic carbocycles. The summed E-state index contributed by atoms with van der Waals surface area (Å²) in [5.41, 5.74) is 2.31. The van der Waals surface area contributed by atoms with Crippen LogP contribution in [0.25, 0.3) is 12.2 Å². The first-order valence-electron chi connectivity index (χ1n) is 5.26. The normalized spacial score (nSPS) is 10.9. The molecule has 0 saturated carbocycles. The van der Waals surface area contributed by atoms with Crippen LogP contribution in [0.1, 0.15) is 17.0 Å². The van der Waals surface area contributed by atoms with E-state index in [9.17, 15) is 5.11 Å². The highest BCUT2D eigenvalue weighted by Gasteiger charge is 1.99. The number of aryl methyl sites for hydroxylation is 1. The van der Waals surface area contributed by atoms with Crippen molar-refractivity contribution < 1.29 is 5.11 Å². The van der Waals surface area contributed by atoms with E-state index >= 15 is 0 Å². The number of benzene rings is 1. The van der Waals surface area contributed by atoms with Crippen LogP contribution in [0.2, 0.25) is 5.02 Å². The maximum atomic E-state index is 9.64. The topological polar surface area (TPSA) is 33.1 Å². The first-order chi connectivity index (χ1) is 8.16. The molecule has 2 nitrogen and oxygen atoms in total. The molecule has 0 aliphatic carbocycles. The van der Waals surface area contributed by atoms with Crippen molar-refractivity contribution >= 4 is 23.8 Å². The molecule has 0 spiro atoms. The first kappa shape index (κ1) is 11.7. The average Bonchev–Trinajstić information content (AvgIpc) is 2.32. The Labute approximate surface area is 105 Å². The van der Waals surface area contributed by atoms with Gasteiger partial charge in [0.2, 0.25) is 0 Å². The number of aromatic nitrogens is 1.